The van der Waals surface area contributed by atoms with Crippen molar-refractivity contribution in [1.29, 1.82) is 0 Å². The van der Waals surface area contributed by atoms with Crippen molar-refractivity contribution in [2.75, 3.05) is 4.72 Å². The van der Waals surface area contributed by atoms with Crippen LogP contribution in [0.15, 0.2) is 33.9 Å². The summed E-state index contributed by atoms with van der Waals surface area (Å²) in [5.74, 6) is -1.83. The molecule has 0 spiro atoms. The van der Waals surface area contributed by atoms with Crippen LogP contribution in [0.2, 0.25) is 0 Å². The maximum absolute atomic E-state index is 13.4. The Hall–Kier alpha value is -1.48. The van der Waals surface area contributed by atoms with Gasteiger partial charge >= 0.3 is 0 Å². The van der Waals surface area contributed by atoms with Crippen LogP contribution in [0.3, 0.4) is 0 Å². The highest BCUT2D eigenvalue weighted by Crippen LogP contribution is 2.25. The number of hydrogen-bond donors (Lipinski definition) is 2. The van der Waals surface area contributed by atoms with Gasteiger partial charge in [-0.15, -0.1) is 0 Å². The van der Waals surface area contributed by atoms with Crippen molar-refractivity contribution in [2.45, 2.75) is 4.90 Å². The van der Waals surface area contributed by atoms with Gasteiger partial charge in [0.15, 0.2) is 0 Å². The number of benzene rings is 1. The molecule has 0 unspecified atom stereocenters. The fourth-order valence-electron chi connectivity index (χ4n) is 1.19. The van der Waals surface area contributed by atoms with Gasteiger partial charge in [0.1, 0.15) is 16.5 Å². The minimum Gasteiger partial charge on any atom is -0.284 e. The molecule has 0 bridgehead atoms. The van der Waals surface area contributed by atoms with Gasteiger partial charge in [0.25, 0.3) is 10.0 Å². The lowest BCUT2D eigenvalue weighted by Gasteiger charge is -2.08. The second-order valence-electron chi connectivity index (χ2n) is 3.29. The average Bonchev–Trinajstić information content (AvgIpc) is 2.79. The van der Waals surface area contributed by atoms with E-state index in [1.807, 2.05) is 4.72 Å². The molecule has 1 heterocycles. The van der Waals surface area contributed by atoms with Gasteiger partial charge in [-0.3, -0.25) is 9.82 Å². The second-order valence-corrected chi connectivity index (χ2v) is 5.82. The fraction of sp³-hybridized carbons (Fsp3) is 0. The smallest absolute Gasteiger partial charge is 0.265 e. The fourth-order valence-corrected chi connectivity index (χ4v) is 2.50. The number of sulfonamides is 1. The first-order valence-electron chi connectivity index (χ1n) is 4.56. The first-order valence-corrected chi connectivity index (χ1v) is 6.84. The Morgan fingerprint density at radius 3 is 2.61 bits per heavy atom. The standard InChI is InChI=1S/C9H6BrF2N3O2S/c10-6-1-9(8(12)2-7(6)11)15-18(16,17)5-3-13-14-4-5/h1-4,15H,(H,13,14). The Morgan fingerprint density at radius 2 is 2.00 bits per heavy atom. The predicted molar refractivity (Wildman–Crippen MR) is 63.5 cm³/mol. The molecule has 0 atom stereocenters. The quantitative estimate of drug-likeness (QED) is 0.843. The van der Waals surface area contributed by atoms with Crippen molar-refractivity contribution >= 4 is 31.6 Å². The molecule has 18 heavy (non-hydrogen) atoms. The molecule has 0 fully saturated rings. The van der Waals surface area contributed by atoms with Crippen LogP contribution in [0.25, 0.3) is 0 Å². The first-order chi connectivity index (χ1) is 8.40. The van der Waals surface area contributed by atoms with Crippen molar-refractivity contribution in [3.05, 3.63) is 40.6 Å². The molecule has 2 N–H and O–H groups in total. The lowest BCUT2D eigenvalue weighted by molar-refractivity contribution is 0.579. The predicted octanol–water partition coefficient (Wildman–Crippen LogP) is 2.25. The Balaban J connectivity index is 2.39. The van der Waals surface area contributed by atoms with Crippen molar-refractivity contribution in [1.82, 2.24) is 10.2 Å². The van der Waals surface area contributed by atoms with Gasteiger partial charge in [-0.05, 0) is 22.0 Å². The van der Waals surface area contributed by atoms with Crippen LogP contribution >= 0.6 is 15.9 Å². The van der Waals surface area contributed by atoms with Crippen LogP contribution in [-0.4, -0.2) is 18.6 Å². The normalized spacial score (nSPS) is 11.5. The van der Waals surface area contributed by atoms with E-state index in [4.69, 9.17) is 0 Å². The largest absolute Gasteiger partial charge is 0.284 e. The third kappa shape index (κ3) is 2.51. The lowest BCUT2D eigenvalue weighted by atomic mass is 10.3. The van der Waals surface area contributed by atoms with E-state index in [9.17, 15) is 17.2 Å². The molecule has 9 heteroatoms. The zero-order valence-electron chi connectivity index (χ0n) is 8.62. The zero-order valence-corrected chi connectivity index (χ0v) is 11.0. The maximum Gasteiger partial charge on any atom is 0.265 e. The van der Waals surface area contributed by atoms with Crippen LogP contribution in [-0.2, 0) is 10.0 Å². The van der Waals surface area contributed by atoms with Crippen molar-refractivity contribution in [3.8, 4) is 0 Å². The molecule has 96 valence electrons. The van der Waals surface area contributed by atoms with Gasteiger partial charge in [0, 0.05) is 12.3 Å². The molecule has 2 aromatic rings. The molecule has 0 aliphatic carbocycles. The van der Waals surface area contributed by atoms with Crippen molar-refractivity contribution in [2.24, 2.45) is 0 Å². The Labute approximate surface area is 109 Å². The second kappa shape index (κ2) is 4.65. The topological polar surface area (TPSA) is 74.8 Å². The van der Waals surface area contributed by atoms with E-state index in [0.717, 1.165) is 18.5 Å². The highest BCUT2D eigenvalue weighted by Gasteiger charge is 2.18. The molecule has 1 aromatic carbocycles. The summed E-state index contributed by atoms with van der Waals surface area (Å²) in [6.07, 6.45) is 2.21. The number of halogens is 3. The number of rotatable bonds is 3. The number of nitrogens with one attached hydrogen (secondary N) is 2. The number of aromatic amines is 1. The number of nitrogens with zero attached hydrogens (tertiary/aromatic N) is 1. The third-order valence-electron chi connectivity index (χ3n) is 2.04. The van der Waals surface area contributed by atoms with E-state index in [1.165, 1.54) is 0 Å². The van der Waals surface area contributed by atoms with Crippen molar-refractivity contribution < 1.29 is 17.2 Å². The molecular weight excluding hydrogens is 332 g/mol. The van der Waals surface area contributed by atoms with E-state index in [1.54, 1.807) is 0 Å². The van der Waals surface area contributed by atoms with Gasteiger partial charge < -0.3 is 0 Å². The SMILES string of the molecule is O=S(=O)(Nc1cc(Br)c(F)cc1F)c1cn[nH]c1. The van der Waals surface area contributed by atoms with Crippen LogP contribution in [0.5, 0.6) is 0 Å². The highest BCUT2D eigenvalue weighted by atomic mass is 79.9. The highest BCUT2D eigenvalue weighted by molar-refractivity contribution is 9.10. The van der Waals surface area contributed by atoms with Gasteiger partial charge in [-0.25, -0.2) is 17.2 Å². The number of H-pyrrole nitrogens is 1. The molecule has 0 radical (unpaired) electrons. The minimum absolute atomic E-state index is 0.0474. The molecule has 0 saturated heterocycles. The Bertz CT molecular complexity index is 673. The van der Waals surface area contributed by atoms with Crippen molar-refractivity contribution in [3.63, 3.8) is 0 Å². The molecule has 0 saturated carbocycles. The van der Waals surface area contributed by atoms with Crippen LogP contribution in [0.1, 0.15) is 0 Å². The summed E-state index contributed by atoms with van der Waals surface area (Å²) in [5, 5.41) is 5.80. The molecule has 0 aliphatic heterocycles. The van der Waals surface area contributed by atoms with E-state index < -0.39 is 21.7 Å². The van der Waals surface area contributed by atoms with Crippen LogP contribution < -0.4 is 4.72 Å². The Kier molecular flexibility index (Phi) is 3.35. The minimum atomic E-state index is -3.95. The molecular formula is C9H6BrF2N3O2S. The summed E-state index contributed by atoms with van der Waals surface area (Å²) in [5.41, 5.74) is -0.357. The summed E-state index contributed by atoms with van der Waals surface area (Å²) in [4.78, 5) is -0.151. The first kappa shape index (κ1) is 13.0. The zero-order chi connectivity index (χ0) is 13.3. The van der Waals surface area contributed by atoms with Gasteiger partial charge in [0.05, 0.1) is 16.4 Å². The maximum atomic E-state index is 13.4. The van der Waals surface area contributed by atoms with Gasteiger partial charge in [0.2, 0.25) is 0 Å². The molecule has 2 rings (SSSR count). The lowest BCUT2D eigenvalue weighted by Crippen LogP contribution is -2.13. The monoisotopic (exact) mass is 337 g/mol. The summed E-state index contributed by atoms with van der Waals surface area (Å²) < 4.78 is 51.9. The van der Waals surface area contributed by atoms with Crippen LogP contribution in [0.4, 0.5) is 14.5 Å². The van der Waals surface area contributed by atoms with E-state index >= 15 is 0 Å². The van der Waals surface area contributed by atoms with E-state index in [2.05, 4.69) is 26.1 Å². The summed E-state index contributed by atoms with van der Waals surface area (Å²) in [6.45, 7) is 0. The van der Waals surface area contributed by atoms with E-state index in [0.29, 0.717) is 6.07 Å². The molecule has 0 amide bonds. The number of aromatic nitrogens is 2. The van der Waals surface area contributed by atoms with Crippen LogP contribution in [0, 0.1) is 11.6 Å². The Morgan fingerprint density at radius 1 is 1.28 bits per heavy atom. The molecule has 0 aliphatic rings. The molecule has 1 aromatic heterocycles. The van der Waals surface area contributed by atoms with Gasteiger partial charge in [-0.2, -0.15) is 5.10 Å². The number of hydrogen-bond acceptors (Lipinski definition) is 3. The summed E-state index contributed by atoms with van der Waals surface area (Å²) >= 11 is 2.84. The molecule has 5 nitrogen and oxygen atoms in total. The number of anilines is 1. The summed E-state index contributed by atoms with van der Waals surface area (Å²) in [6, 6.07) is 1.58. The summed E-state index contributed by atoms with van der Waals surface area (Å²) in [7, 11) is -3.95. The van der Waals surface area contributed by atoms with E-state index in [-0.39, 0.29) is 15.1 Å². The van der Waals surface area contributed by atoms with Gasteiger partial charge in [-0.1, -0.05) is 0 Å². The third-order valence-corrected chi connectivity index (χ3v) is 3.98. The average molecular weight is 338 g/mol.